The molecule has 0 saturated heterocycles. The average Bonchev–Trinajstić information content (AvgIpc) is 2.17. The van der Waals surface area contributed by atoms with Gasteiger partial charge in [-0.15, -0.1) is 0 Å². The molecular weight excluding hydrogens is 222 g/mol. The molecule has 0 atom stereocenters. The topological polar surface area (TPSA) is 25.8 Å². The Labute approximate surface area is 89.6 Å². The van der Waals surface area contributed by atoms with E-state index in [0.29, 0.717) is 10.7 Å². The number of rotatable bonds is 1. The normalized spacial score (nSPS) is 10.3. The molecule has 76 valence electrons. The van der Waals surface area contributed by atoms with Crippen LogP contribution in [0.2, 0.25) is 5.02 Å². The van der Waals surface area contributed by atoms with Crippen LogP contribution in [0.5, 0.6) is 0 Å². The molecular formula is C10H5ClF2N2. The van der Waals surface area contributed by atoms with Crippen LogP contribution in [0.25, 0.3) is 11.3 Å². The fourth-order valence-corrected chi connectivity index (χ4v) is 1.31. The van der Waals surface area contributed by atoms with Gasteiger partial charge in [-0.1, -0.05) is 11.6 Å². The Balaban J connectivity index is 2.54. The zero-order valence-electron chi connectivity index (χ0n) is 7.42. The Kier molecular flexibility index (Phi) is 2.60. The number of nitrogens with zero attached hydrogens (tertiary/aromatic N) is 2. The molecule has 15 heavy (non-hydrogen) atoms. The minimum Gasteiger partial charge on any atom is -0.256 e. The van der Waals surface area contributed by atoms with E-state index in [1.807, 2.05) is 0 Å². The summed E-state index contributed by atoms with van der Waals surface area (Å²) in [4.78, 5) is 6.98. The number of halogens is 3. The fraction of sp³-hybridized carbons (Fsp3) is 0. The fourth-order valence-electron chi connectivity index (χ4n) is 1.16. The van der Waals surface area contributed by atoms with Crippen molar-refractivity contribution < 1.29 is 8.78 Å². The number of aromatic nitrogens is 2. The van der Waals surface area contributed by atoms with E-state index in [4.69, 9.17) is 11.6 Å². The van der Waals surface area contributed by atoms with Crippen molar-refractivity contribution >= 4 is 11.6 Å². The van der Waals surface area contributed by atoms with E-state index in [9.17, 15) is 8.78 Å². The molecule has 0 aromatic carbocycles. The third-order valence-corrected chi connectivity index (χ3v) is 2.05. The number of hydrogen-bond acceptors (Lipinski definition) is 2. The Morgan fingerprint density at radius 2 is 1.93 bits per heavy atom. The molecule has 0 amide bonds. The van der Waals surface area contributed by atoms with E-state index in [1.165, 1.54) is 18.3 Å². The van der Waals surface area contributed by atoms with Crippen molar-refractivity contribution in [3.05, 3.63) is 47.4 Å². The highest BCUT2D eigenvalue weighted by Crippen LogP contribution is 2.21. The van der Waals surface area contributed by atoms with Gasteiger partial charge < -0.3 is 0 Å². The summed E-state index contributed by atoms with van der Waals surface area (Å²) in [6.45, 7) is 0. The van der Waals surface area contributed by atoms with Crippen molar-refractivity contribution in [2.24, 2.45) is 0 Å². The van der Waals surface area contributed by atoms with Crippen LogP contribution in [0.15, 0.2) is 30.5 Å². The molecule has 0 fully saturated rings. The zero-order chi connectivity index (χ0) is 10.8. The maximum Gasteiger partial charge on any atom is 0.224 e. The molecule has 0 bridgehead atoms. The summed E-state index contributed by atoms with van der Waals surface area (Å²) in [7, 11) is 0. The first-order valence-electron chi connectivity index (χ1n) is 4.11. The summed E-state index contributed by atoms with van der Waals surface area (Å²) in [5.74, 6) is -1.76. The Morgan fingerprint density at radius 3 is 2.60 bits per heavy atom. The lowest BCUT2D eigenvalue weighted by atomic mass is 10.2. The van der Waals surface area contributed by atoms with Crippen LogP contribution in [-0.4, -0.2) is 9.97 Å². The van der Waals surface area contributed by atoms with E-state index in [-0.39, 0.29) is 5.56 Å². The zero-order valence-corrected chi connectivity index (χ0v) is 8.17. The molecule has 2 aromatic heterocycles. The lowest BCUT2D eigenvalue weighted by molar-refractivity contribution is 0.515. The van der Waals surface area contributed by atoms with Gasteiger partial charge in [0.25, 0.3) is 0 Å². The van der Waals surface area contributed by atoms with Gasteiger partial charge in [0.2, 0.25) is 11.9 Å². The minimum absolute atomic E-state index is 0.124. The maximum absolute atomic E-state index is 13.2. The highest BCUT2D eigenvalue weighted by atomic mass is 35.5. The molecule has 0 aliphatic rings. The first-order valence-corrected chi connectivity index (χ1v) is 4.48. The highest BCUT2D eigenvalue weighted by molar-refractivity contribution is 6.30. The van der Waals surface area contributed by atoms with Crippen LogP contribution in [-0.2, 0) is 0 Å². The van der Waals surface area contributed by atoms with Crippen LogP contribution in [0.1, 0.15) is 0 Å². The van der Waals surface area contributed by atoms with Gasteiger partial charge >= 0.3 is 0 Å². The third kappa shape index (κ3) is 2.10. The molecule has 0 aliphatic heterocycles. The van der Waals surface area contributed by atoms with Crippen molar-refractivity contribution in [3.63, 3.8) is 0 Å². The summed E-state index contributed by atoms with van der Waals surface area (Å²) < 4.78 is 25.8. The van der Waals surface area contributed by atoms with Crippen LogP contribution < -0.4 is 0 Å². The lowest BCUT2D eigenvalue weighted by Crippen LogP contribution is -1.93. The van der Waals surface area contributed by atoms with Gasteiger partial charge in [0.1, 0.15) is 0 Å². The second-order valence-corrected chi connectivity index (χ2v) is 3.27. The van der Waals surface area contributed by atoms with E-state index < -0.39 is 11.9 Å². The van der Waals surface area contributed by atoms with Gasteiger partial charge in [-0.3, -0.25) is 4.98 Å². The second kappa shape index (κ2) is 3.90. The molecule has 2 aromatic rings. The van der Waals surface area contributed by atoms with Gasteiger partial charge in [0.05, 0.1) is 11.3 Å². The van der Waals surface area contributed by atoms with Crippen molar-refractivity contribution in [3.8, 4) is 11.3 Å². The largest absolute Gasteiger partial charge is 0.256 e. The van der Waals surface area contributed by atoms with Crippen molar-refractivity contribution in [2.45, 2.75) is 0 Å². The first kappa shape index (κ1) is 9.98. The van der Waals surface area contributed by atoms with Crippen LogP contribution in [0.3, 0.4) is 0 Å². The summed E-state index contributed by atoms with van der Waals surface area (Å²) in [5, 5.41) is 0.434. The van der Waals surface area contributed by atoms with Crippen LogP contribution in [0.4, 0.5) is 8.78 Å². The molecule has 0 radical (unpaired) electrons. The molecule has 0 aliphatic carbocycles. The Morgan fingerprint density at radius 1 is 1.13 bits per heavy atom. The van der Waals surface area contributed by atoms with Gasteiger partial charge in [-0.2, -0.15) is 13.8 Å². The number of hydrogen-bond donors (Lipinski definition) is 0. The summed E-state index contributed by atoms with van der Waals surface area (Å²) in [5.41, 5.74) is 0.450. The maximum atomic E-state index is 13.2. The minimum atomic E-state index is -0.898. The van der Waals surface area contributed by atoms with Crippen molar-refractivity contribution in [2.75, 3.05) is 0 Å². The molecule has 0 unspecified atom stereocenters. The Bertz CT molecular complexity index is 503. The molecule has 2 rings (SSSR count). The van der Waals surface area contributed by atoms with Gasteiger partial charge in [0.15, 0.2) is 0 Å². The molecule has 2 nitrogen and oxygen atoms in total. The highest BCUT2D eigenvalue weighted by Gasteiger charge is 2.08. The summed E-state index contributed by atoms with van der Waals surface area (Å²) in [6, 6.07) is 5.40. The predicted molar refractivity (Wildman–Crippen MR) is 52.4 cm³/mol. The van der Waals surface area contributed by atoms with Gasteiger partial charge in [-0.05, 0) is 24.3 Å². The van der Waals surface area contributed by atoms with Gasteiger partial charge in [0, 0.05) is 11.2 Å². The monoisotopic (exact) mass is 226 g/mol. The summed E-state index contributed by atoms with van der Waals surface area (Å²) in [6.07, 6.45) is 1.44. The van der Waals surface area contributed by atoms with E-state index in [0.717, 1.165) is 6.07 Å². The third-order valence-electron chi connectivity index (χ3n) is 1.81. The second-order valence-electron chi connectivity index (χ2n) is 2.83. The SMILES string of the molecule is Fc1ccc(-c2cc(Cl)ccn2)c(F)n1. The smallest absolute Gasteiger partial charge is 0.224 e. The van der Waals surface area contributed by atoms with Crippen LogP contribution in [0, 0.1) is 11.9 Å². The standard InChI is InChI=1S/C10H5ClF2N2/c11-6-3-4-14-8(5-6)7-1-2-9(12)15-10(7)13/h1-5H. The molecule has 2 heterocycles. The lowest BCUT2D eigenvalue weighted by Gasteiger charge is -2.01. The molecule has 0 saturated carbocycles. The Hall–Kier alpha value is -1.55. The quantitative estimate of drug-likeness (QED) is 0.699. The predicted octanol–water partition coefficient (Wildman–Crippen LogP) is 3.08. The van der Waals surface area contributed by atoms with Crippen molar-refractivity contribution in [1.29, 1.82) is 0 Å². The molecule has 0 N–H and O–H groups in total. The van der Waals surface area contributed by atoms with Crippen molar-refractivity contribution in [1.82, 2.24) is 9.97 Å². The van der Waals surface area contributed by atoms with E-state index >= 15 is 0 Å². The van der Waals surface area contributed by atoms with Crippen LogP contribution >= 0.6 is 11.6 Å². The molecule has 5 heteroatoms. The van der Waals surface area contributed by atoms with E-state index in [2.05, 4.69) is 9.97 Å². The van der Waals surface area contributed by atoms with Gasteiger partial charge in [-0.25, -0.2) is 0 Å². The first-order chi connectivity index (χ1) is 7.16. The average molecular weight is 227 g/mol. The number of pyridine rings is 2. The summed E-state index contributed by atoms with van der Waals surface area (Å²) >= 11 is 5.72. The molecule has 0 spiro atoms. The van der Waals surface area contributed by atoms with E-state index in [1.54, 1.807) is 6.07 Å².